The Morgan fingerprint density at radius 2 is 2.06 bits per heavy atom. The first-order valence-corrected chi connectivity index (χ1v) is 7.19. The van der Waals surface area contributed by atoms with Crippen LogP contribution in [-0.4, -0.2) is 37.4 Å². The van der Waals surface area contributed by atoms with Gasteiger partial charge in [-0.1, -0.05) is 12.5 Å². The van der Waals surface area contributed by atoms with Crippen molar-refractivity contribution in [1.82, 2.24) is 4.90 Å². The van der Waals surface area contributed by atoms with Gasteiger partial charge in [-0.15, -0.1) is 0 Å². The fourth-order valence-corrected chi connectivity index (χ4v) is 2.73. The van der Waals surface area contributed by atoms with Crippen molar-refractivity contribution in [3.05, 3.63) is 28.2 Å². The Morgan fingerprint density at radius 3 is 2.78 bits per heavy atom. The number of para-hydroxylation sites is 1. The molecule has 1 aromatic rings. The van der Waals surface area contributed by atoms with Crippen LogP contribution in [0.15, 0.2) is 22.7 Å². The molecule has 0 bridgehead atoms. The molecule has 0 aliphatic carbocycles. The lowest BCUT2D eigenvalue weighted by molar-refractivity contribution is 0.111. The molecule has 0 amide bonds. The summed E-state index contributed by atoms with van der Waals surface area (Å²) in [6, 6.07) is 5.50. The number of hydrogen-bond acceptors (Lipinski definition) is 3. The highest BCUT2D eigenvalue weighted by Crippen LogP contribution is 2.27. The van der Waals surface area contributed by atoms with E-state index < -0.39 is 0 Å². The second-order valence-electron chi connectivity index (χ2n) is 4.53. The van der Waals surface area contributed by atoms with E-state index in [1.54, 1.807) is 6.07 Å². The van der Waals surface area contributed by atoms with Crippen molar-refractivity contribution in [1.29, 1.82) is 0 Å². The van der Waals surface area contributed by atoms with Crippen molar-refractivity contribution < 1.29 is 9.53 Å². The van der Waals surface area contributed by atoms with E-state index >= 15 is 0 Å². The zero-order valence-electron chi connectivity index (χ0n) is 10.4. The normalized spacial score (nSPS) is 16.5. The molecule has 0 radical (unpaired) electrons. The average Bonchev–Trinajstić information content (AvgIpc) is 2.41. The van der Waals surface area contributed by atoms with Crippen LogP contribution in [0.3, 0.4) is 0 Å². The molecule has 18 heavy (non-hydrogen) atoms. The molecule has 2 rings (SSSR count). The third kappa shape index (κ3) is 3.56. The summed E-state index contributed by atoms with van der Waals surface area (Å²) in [6.45, 7) is 3.89. The van der Waals surface area contributed by atoms with Crippen LogP contribution in [0.5, 0.6) is 5.75 Å². The number of piperidine rings is 1. The summed E-state index contributed by atoms with van der Waals surface area (Å²) in [7, 11) is 0. The van der Waals surface area contributed by atoms with Crippen molar-refractivity contribution in [3.63, 3.8) is 0 Å². The van der Waals surface area contributed by atoms with Gasteiger partial charge in [-0.2, -0.15) is 0 Å². The van der Waals surface area contributed by atoms with Gasteiger partial charge in [-0.3, -0.25) is 9.69 Å². The molecule has 98 valence electrons. The monoisotopic (exact) mass is 311 g/mol. The lowest BCUT2D eigenvalue weighted by atomic mass is 10.1. The number of ether oxygens (including phenoxy) is 1. The number of carbonyl (C=O) groups is 1. The molecular formula is C14H18BrNO2. The Hall–Kier alpha value is -0.870. The number of benzene rings is 1. The van der Waals surface area contributed by atoms with E-state index in [1.807, 2.05) is 12.1 Å². The van der Waals surface area contributed by atoms with Gasteiger partial charge < -0.3 is 4.74 Å². The molecular weight excluding hydrogens is 294 g/mol. The van der Waals surface area contributed by atoms with Crippen LogP contribution < -0.4 is 4.74 Å². The quantitative estimate of drug-likeness (QED) is 0.782. The lowest BCUT2D eigenvalue weighted by Gasteiger charge is -2.26. The summed E-state index contributed by atoms with van der Waals surface area (Å²) in [6.07, 6.45) is 4.75. The van der Waals surface area contributed by atoms with Gasteiger partial charge >= 0.3 is 0 Å². The smallest absolute Gasteiger partial charge is 0.153 e. The van der Waals surface area contributed by atoms with Crippen molar-refractivity contribution in [2.45, 2.75) is 19.3 Å². The maximum Gasteiger partial charge on any atom is 0.153 e. The van der Waals surface area contributed by atoms with E-state index in [2.05, 4.69) is 20.8 Å². The van der Waals surface area contributed by atoms with Gasteiger partial charge in [0, 0.05) is 6.54 Å². The average molecular weight is 312 g/mol. The molecule has 1 heterocycles. The van der Waals surface area contributed by atoms with Gasteiger partial charge in [0.1, 0.15) is 12.4 Å². The van der Waals surface area contributed by atoms with E-state index in [1.165, 1.54) is 32.4 Å². The number of hydrogen-bond donors (Lipinski definition) is 0. The molecule has 4 heteroatoms. The second-order valence-corrected chi connectivity index (χ2v) is 5.38. The summed E-state index contributed by atoms with van der Waals surface area (Å²) in [5.74, 6) is 0.657. The van der Waals surface area contributed by atoms with E-state index in [9.17, 15) is 4.79 Å². The molecule has 0 atom stereocenters. The Labute approximate surface area is 116 Å². The lowest BCUT2D eigenvalue weighted by Crippen LogP contribution is -2.33. The van der Waals surface area contributed by atoms with Gasteiger partial charge in [0.15, 0.2) is 6.29 Å². The van der Waals surface area contributed by atoms with Gasteiger partial charge in [0.05, 0.1) is 10.0 Å². The summed E-state index contributed by atoms with van der Waals surface area (Å²) in [4.78, 5) is 13.4. The topological polar surface area (TPSA) is 29.5 Å². The maximum atomic E-state index is 10.9. The number of rotatable bonds is 5. The molecule has 0 aromatic heterocycles. The minimum Gasteiger partial charge on any atom is -0.490 e. The standard InChI is InChI=1S/C14H18BrNO2/c15-13-6-4-5-12(11-17)14(13)18-10-9-16-7-2-1-3-8-16/h4-6,11H,1-3,7-10H2. The molecule has 1 aromatic carbocycles. The Bertz CT molecular complexity index is 403. The van der Waals surface area contributed by atoms with Gasteiger partial charge in [0.2, 0.25) is 0 Å². The number of likely N-dealkylation sites (tertiary alicyclic amines) is 1. The fraction of sp³-hybridized carbons (Fsp3) is 0.500. The van der Waals surface area contributed by atoms with Crippen LogP contribution in [0, 0.1) is 0 Å². The minimum atomic E-state index is 0.600. The number of carbonyl (C=O) groups excluding carboxylic acids is 1. The zero-order valence-corrected chi connectivity index (χ0v) is 12.0. The predicted octanol–water partition coefficient (Wildman–Crippen LogP) is 3.13. The molecule has 1 saturated heterocycles. The van der Waals surface area contributed by atoms with Crippen molar-refractivity contribution in [2.24, 2.45) is 0 Å². The van der Waals surface area contributed by atoms with Crippen molar-refractivity contribution in [3.8, 4) is 5.75 Å². The first-order chi connectivity index (χ1) is 8.81. The number of nitrogens with zero attached hydrogens (tertiary/aromatic N) is 1. The van der Waals surface area contributed by atoms with Crippen LogP contribution in [-0.2, 0) is 0 Å². The fourth-order valence-electron chi connectivity index (χ4n) is 2.23. The summed E-state index contributed by atoms with van der Waals surface area (Å²) >= 11 is 3.42. The SMILES string of the molecule is O=Cc1cccc(Br)c1OCCN1CCCCC1. The number of halogens is 1. The van der Waals surface area contributed by atoms with Crippen LogP contribution in [0.25, 0.3) is 0 Å². The molecule has 0 spiro atoms. The van der Waals surface area contributed by atoms with Crippen LogP contribution in [0.2, 0.25) is 0 Å². The molecule has 3 nitrogen and oxygen atoms in total. The molecule has 1 aliphatic heterocycles. The highest BCUT2D eigenvalue weighted by molar-refractivity contribution is 9.10. The van der Waals surface area contributed by atoms with E-state index in [0.29, 0.717) is 17.9 Å². The van der Waals surface area contributed by atoms with E-state index in [0.717, 1.165) is 17.3 Å². The largest absolute Gasteiger partial charge is 0.490 e. The molecule has 0 unspecified atom stereocenters. The maximum absolute atomic E-state index is 10.9. The first-order valence-electron chi connectivity index (χ1n) is 6.40. The third-order valence-corrected chi connectivity index (χ3v) is 3.85. The van der Waals surface area contributed by atoms with Crippen LogP contribution >= 0.6 is 15.9 Å². The predicted molar refractivity (Wildman–Crippen MR) is 75.3 cm³/mol. The zero-order chi connectivity index (χ0) is 12.8. The second kappa shape index (κ2) is 6.90. The van der Waals surface area contributed by atoms with Crippen LogP contribution in [0.4, 0.5) is 0 Å². The molecule has 0 N–H and O–H groups in total. The van der Waals surface area contributed by atoms with Gasteiger partial charge in [0.25, 0.3) is 0 Å². The Balaban J connectivity index is 1.87. The highest BCUT2D eigenvalue weighted by atomic mass is 79.9. The third-order valence-electron chi connectivity index (χ3n) is 3.23. The molecule has 0 saturated carbocycles. The first kappa shape index (κ1) is 13.6. The summed E-state index contributed by atoms with van der Waals surface area (Å²) in [5.41, 5.74) is 0.600. The minimum absolute atomic E-state index is 0.600. The Morgan fingerprint density at radius 1 is 1.28 bits per heavy atom. The highest BCUT2D eigenvalue weighted by Gasteiger charge is 2.11. The van der Waals surface area contributed by atoms with Gasteiger partial charge in [-0.25, -0.2) is 0 Å². The van der Waals surface area contributed by atoms with Crippen molar-refractivity contribution >= 4 is 22.2 Å². The summed E-state index contributed by atoms with van der Waals surface area (Å²) in [5, 5.41) is 0. The van der Waals surface area contributed by atoms with E-state index in [-0.39, 0.29) is 0 Å². The summed E-state index contributed by atoms with van der Waals surface area (Å²) < 4.78 is 6.58. The van der Waals surface area contributed by atoms with Gasteiger partial charge in [-0.05, 0) is 54.0 Å². The van der Waals surface area contributed by atoms with Crippen LogP contribution in [0.1, 0.15) is 29.6 Å². The molecule has 1 fully saturated rings. The number of aldehydes is 1. The Kier molecular flexibility index (Phi) is 5.20. The molecule has 1 aliphatic rings. The van der Waals surface area contributed by atoms with E-state index in [4.69, 9.17) is 4.74 Å². The van der Waals surface area contributed by atoms with Crippen molar-refractivity contribution in [2.75, 3.05) is 26.2 Å².